The number of amides is 1. The Morgan fingerprint density at radius 2 is 1.83 bits per heavy atom. The average Bonchev–Trinajstić information content (AvgIpc) is 2.67. The minimum atomic E-state index is -3.87. The van der Waals surface area contributed by atoms with Crippen molar-refractivity contribution in [1.82, 2.24) is 0 Å². The van der Waals surface area contributed by atoms with E-state index in [9.17, 15) is 17.6 Å². The van der Waals surface area contributed by atoms with Crippen molar-refractivity contribution in [3.63, 3.8) is 0 Å². The van der Waals surface area contributed by atoms with Gasteiger partial charge in [0.1, 0.15) is 11.9 Å². The van der Waals surface area contributed by atoms with Gasteiger partial charge in [-0.2, -0.15) is 0 Å². The monoisotopic (exact) mass is 444 g/mol. The predicted molar refractivity (Wildman–Crippen MR) is 111 cm³/mol. The number of hydrogen-bond acceptors (Lipinski definition) is 5. The molecular formula is C19H22ClFN2O5S. The van der Waals surface area contributed by atoms with E-state index in [2.05, 4.69) is 5.32 Å². The first-order valence-electron chi connectivity index (χ1n) is 8.59. The lowest BCUT2D eigenvalue weighted by Crippen LogP contribution is -2.47. The van der Waals surface area contributed by atoms with Gasteiger partial charge in [-0.25, -0.2) is 12.8 Å². The molecule has 0 spiro atoms. The summed E-state index contributed by atoms with van der Waals surface area (Å²) in [5.41, 5.74) is 0.491. The number of benzene rings is 2. The standard InChI is InChI=1S/C19H22ClFN2O5S/c1-5-16(19(24)22-12-6-9-17(27-2)18(10-12)28-3)23(29(4,25)26)13-7-8-15(21)14(20)11-13/h6-11,16H,5H2,1-4H3,(H,22,24). The van der Waals surface area contributed by atoms with Gasteiger partial charge in [0.05, 0.1) is 31.2 Å². The van der Waals surface area contributed by atoms with Crippen LogP contribution in [0.1, 0.15) is 13.3 Å². The summed E-state index contributed by atoms with van der Waals surface area (Å²) in [6.07, 6.45) is 1.14. The van der Waals surface area contributed by atoms with Gasteiger partial charge in [0.25, 0.3) is 0 Å². The molecule has 0 heterocycles. The number of carbonyl (C=O) groups is 1. The Morgan fingerprint density at radius 3 is 2.34 bits per heavy atom. The minimum Gasteiger partial charge on any atom is -0.493 e. The fourth-order valence-electron chi connectivity index (χ4n) is 2.82. The maximum absolute atomic E-state index is 13.5. The van der Waals surface area contributed by atoms with Gasteiger partial charge in [-0.05, 0) is 36.8 Å². The zero-order valence-corrected chi connectivity index (χ0v) is 18.0. The second kappa shape index (κ2) is 9.32. The van der Waals surface area contributed by atoms with Gasteiger partial charge in [0.15, 0.2) is 11.5 Å². The molecule has 2 aromatic rings. The van der Waals surface area contributed by atoms with Crippen molar-refractivity contribution in [2.24, 2.45) is 0 Å². The summed E-state index contributed by atoms with van der Waals surface area (Å²) in [5.74, 6) is -0.364. The number of halogens is 2. The summed E-state index contributed by atoms with van der Waals surface area (Å²) in [7, 11) is -0.926. The van der Waals surface area contributed by atoms with E-state index in [1.807, 2.05) is 0 Å². The lowest BCUT2D eigenvalue weighted by molar-refractivity contribution is -0.117. The Labute approximate surface area is 174 Å². The van der Waals surface area contributed by atoms with Crippen molar-refractivity contribution in [2.75, 3.05) is 30.1 Å². The number of sulfonamides is 1. The quantitative estimate of drug-likeness (QED) is 0.671. The molecule has 2 rings (SSSR count). The van der Waals surface area contributed by atoms with Crippen molar-refractivity contribution >= 4 is 38.9 Å². The first kappa shape index (κ1) is 22.8. The minimum absolute atomic E-state index is 0.0909. The molecule has 0 aromatic heterocycles. The molecule has 158 valence electrons. The van der Waals surface area contributed by atoms with E-state index in [0.717, 1.165) is 16.6 Å². The second-order valence-electron chi connectivity index (χ2n) is 6.14. The lowest BCUT2D eigenvalue weighted by atomic mass is 10.1. The zero-order chi connectivity index (χ0) is 21.8. The molecule has 0 saturated heterocycles. The largest absolute Gasteiger partial charge is 0.493 e. The number of nitrogens with zero attached hydrogens (tertiary/aromatic N) is 1. The number of methoxy groups -OCH3 is 2. The molecular weight excluding hydrogens is 423 g/mol. The Hall–Kier alpha value is -2.52. The number of carbonyl (C=O) groups excluding carboxylic acids is 1. The van der Waals surface area contributed by atoms with Crippen LogP contribution in [0.15, 0.2) is 36.4 Å². The van der Waals surface area contributed by atoms with Crippen molar-refractivity contribution in [3.05, 3.63) is 47.2 Å². The van der Waals surface area contributed by atoms with Crippen LogP contribution in [0.25, 0.3) is 0 Å². The molecule has 29 heavy (non-hydrogen) atoms. The third-order valence-corrected chi connectivity index (χ3v) is 5.61. The van der Waals surface area contributed by atoms with E-state index in [0.29, 0.717) is 17.2 Å². The summed E-state index contributed by atoms with van der Waals surface area (Å²) in [5, 5.41) is 2.44. The van der Waals surface area contributed by atoms with Gasteiger partial charge in [0.2, 0.25) is 15.9 Å². The molecule has 1 amide bonds. The van der Waals surface area contributed by atoms with Gasteiger partial charge in [-0.1, -0.05) is 18.5 Å². The van der Waals surface area contributed by atoms with E-state index in [4.69, 9.17) is 21.1 Å². The van der Waals surface area contributed by atoms with E-state index in [-0.39, 0.29) is 17.1 Å². The van der Waals surface area contributed by atoms with Crippen LogP contribution in [-0.4, -0.2) is 40.8 Å². The summed E-state index contributed by atoms with van der Waals surface area (Å²) < 4.78 is 49.7. The average molecular weight is 445 g/mol. The molecule has 0 aliphatic carbocycles. The van der Waals surface area contributed by atoms with Crippen LogP contribution in [0.5, 0.6) is 11.5 Å². The van der Waals surface area contributed by atoms with Gasteiger partial charge >= 0.3 is 0 Å². The number of ether oxygens (including phenoxy) is 2. The molecule has 0 fully saturated rings. The molecule has 10 heteroatoms. The molecule has 0 aliphatic heterocycles. The number of anilines is 2. The highest BCUT2D eigenvalue weighted by molar-refractivity contribution is 7.92. The van der Waals surface area contributed by atoms with E-state index in [1.165, 1.54) is 26.4 Å². The third-order valence-electron chi connectivity index (χ3n) is 4.14. The third kappa shape index (κ3) is 5.30. The lowest BCUT2D eigenvalue weighted by Gasteiger charge is -2.30. The van der Waals surface area contributed by atoms with Crippen LogP contribution in [-0.2, 0) is 14.8 Å². The number of rotatable bonds is 8. The van der Waals surface area contributed by atoms with Crippen LogP contribution in [0.2, 0.25) is 5.02 Å². The molecule has 2 aromatic carbocycles. The van der Waals surface area contributed by atoms with Crippen LogP contribution in [0.4, 0.5) is 15.8 Å². The highest BCUT2D eigenvalue weighted by atomic mass is 35.5. The van der Waals surface area contributed by atoms with Gasteiger partial charge < -0.3 is 14.8 Å². The van der Waals surface area contributed by atoms with Crippen molar-refractivity contribution in [1.29, 1.82) is 0 Å². The Morgan fingerprint density at radius 1 is 1.17 bits per heavy atom. The van der Waals surface area contributed by atoms with Gasteiger partial charge in [0, 0.05) is 11.8 Å². The SMILES string of the molecule is CCC(C(=O)Nc1ccc(OC)c(OC)c1)N(c1ccc(F)c(Cl)c1)S(C)(=O)=O. The first-order valence-corrected chi connectivity index (χ1v) is 10.8. The maximum Gasteiger partial charge on any atom is 0.248 e. The van der Waals surface area contributed by atoms with Gasteiger partial charge in [-0.3, -0.25) is 9.10 Å². The van der Waals surface area contributed by atoms with Crippen LogP contribution in [0.3, 0.4) is 0 Å². The molecule has 0 aliphatic rings. The van der Waals surface area contributed by atoms with Crippen molar-refractivity contribution < 1.29 is 27.1 Å². The van der Waals surface area contributed by atoms with E-state index < -0.39 is 27.8 Å². The highest BCUT2D eigenvalue weighted by Crippen LogP contribution is 2.31. The summed E-state index contributed by atoms with van der Waals surface area (Å²) >= 11 is 5.80. The normalized spacial score (nSPS) is 12.2. The number of hydrogen-bond donors (Lipinski definition) is 1. The van der Waals surface area contributed by atoms with Crippen LogP contribution < -0.4 is 19.1 Å². The van der Waals surface area contributed by atoms with Gasteiger partial charge in [-0.15, -0.1) is 0 Å². The topological polar surface area (TPSA) is 84.9 Å². The van der Waals surface area contributed by atoms with E-state index in [1.54, 1.807) is 25.1 Å². The first-order chi connectivity index (χ1) is 13.6. The second-order valence-corrected chi connectivity index (χ2v) is 8.41. The molecule has 1 atom stereocenters. The smallest absolute Gasteiger partial charge is 0.248 e. The summed E-state index contributed by atoms with van der Waals surface area (Å²) in [6, 6.07) is 7.17. The maximum atomic E-state index is 13.5. The molecule has 0 bridgehead atoms. The Kier molecular flexibility index (Phi) is 7.32. The van der Waals surface area contributed by atoms with Crippen molar-refractivity contribution in [3.8, 4) is 11.5 Å². The Balaban J connectivity index is 2.39. The van der Waals surface area contributed by atoms with Crippen LogP contribution in [0, 0.1) is 5.82 Å². The fraction of sp³-hybridized carbons (Fsp3) is 0.316. The Bertz CT molecular complexity index is 1000. The van der Waals surface area contributed by atoms with Crippen molar-refractivity contribution in [2.45, 2.75) is 19.4 Å². The zero-order valence-electron chi connectivity index (χ0n) is 16.4. The molecule has 0 radical (unpaired) electrons. The number of nitrogens with one attached hydrogen (secondary N) is 1. The molecule has 1 N–H and O–H groups in total. The molecule has 0 saturated carbocycles. The van der Waals surface area contributed by atoms with E-state index >= 15 is 0 Å². The highest BCUT2D eigenvalue weighted by Gasteiger charge is 2.32. The summed E-state index contributed by atoms with van der Waals surface area (Å²) in [6.45, 7) is 1.67. The fourth-order valence-corrected chi connectivity index (χ4v) is 4.20. The predicted octanol–water partition coefficient (Wildman–Crippen LogP) is 3.68. The van der Waals surface area contributed by atoms with Crippen LogP contribution >= 0.6 is 11.6 Å². The summed E-state index contributed by atoms with van der Waals surface area (Å²) in [4.78, 5) is 12.9. The molecule has 1 unspecified atom stereocenters. The molecule has 7 nitrogen and oxygen atoms in total.